The Hall–Kier alpha value is -3.12. The number of ether oxygens (including phenoxy) is 3. The number of hydrogen-bond donors (Lipinski definition) is 1. The van der Waals surface area contributed by atoms with E-state index in [0.717, 1.165) is 48.9 Å². The van der Waals surface area contributed by atoms with E-state index in [-0.39, 0.29) is 0 Å². The van der Waals surface area contributed by atoms with Gasteiger partial charge in [-0.3, -0.25) is 9.80 Å². The molecule has 4 heterocycles. The zero-order chi connectivity index (χ0) is 30.1. The average Bonchev–Trinajstić information content (AvgIpc) is 3.00. The average molecular weight is 653 g/mol. The fourth-order valence-corrected chi connectivity index (χ4v) is 6.46. The number of hydrogen-bond acceptors (Lipinski definition) is 10. The number of methoxy groups -OCH3 is 1. The number of aromatic nitrogens is 2. The molecular formula is C32H42BrN7O3. The van der Waals surface area contributed by atoms with Crippen LogP contribution in [0.25, 0.3) is 0 Å². The summed E-state index contributed by atoms with van der Waals surface area (Å²) in [5.41, 5.74) is 9.80. The molecule has 11 heteroatoms. The molecule has 230 valence electrons. The maximum Gasteiger partial charge on any atom is 0.236 e. The van der Waals surface area contributed by atoms with Crippen LogP contribution in [0.15, 0.2) is 47.1 Å². The molecule has 0 atom stereocenters. The third-order valence-electron chi connectivity index (χ3n) is 8.83. The number of benzene rings is 2. The lowest BCUT2D eigenvalue weighted by Crippen LogP contribution is -2.52. The first-order chi connectivity index (χ1) is 20.7. The van der Waals surface area contributed by atoms with Crippen LogP contribution in [0.4, 0.5) is 28.8 Å². The van der Waals surface area contributed by atoms with E-state index in [9.17, 15) is 0 Å². The van der Waals surface area contributed by atoms with E-state index >= 15 is 0 Å². The second-order valence-corrected chi connectivity index (χ2v) is 13.0. The van der Waals surface area contributed by atoms with Crippen molar-refractivity contribution in [1.29, 1.82) is 0 Å². The minimum atomic E-state index is -0.401. The van der Waals surface area contributed by atoms with Crippen molar-refractivity contribution in [3.63, 3.8) is 0 Å². The highest BCUT2D eigenvalue weighted by Crippen LogP contribution is 2.46. The topological polar surface area (TPSA) is 92.5 Å². The highest BCUT2D eigenvalue weighted by molar-refractivity contribution is 9.10. The summed E-state index contributed by atoms with van der Waals surface area (Å²) in [5, 5.41) is 0. The van der Waals surface area contributed by atoms with Gasteiger partial charge in [0.1, 0.15) is 17.3 Å². The Kier molecular flexibility index (Phi) is 8.68. The Labute approximate surface area is 262 Å². The number of nitrogens with zero attached hydrogens (tertiary/aromatic N) is 6. The standard InChI is InChI=1S/C32H42BrN7O3/c1-22-17-27(29(41-4)18-26(22)39-11-9-23(10-12-39)38-15-13-37(3)14-16-38)40(31-35-19-24(33)30(34)36-31)25-7-5-6-8-28(25)43-32(2)20-42-21-32/h5-8,17-19,23H,9-16,20-21H2,1-4H3,(H2,34,35,36). The van der Waals surface area contributed by atoms with Crippen molar-refractivity contribution >= 4 is 44.8 Å². The maximum absolute atomic E-state index is 6.52. The largest absolute Gasteiger partial charge is 0.494 e. The number of rotatable bonds is 8. The molecule has 2 N–H and O–H groups in total. The third kappa shape index (κ3) is 6.26. The molecule has 6 rings (SSSR count). The van der Waals surface area contributed by atoms with E-state index in [2.05, 4.69) is 73.6 Å². The Morgan fingerprint density at radius 3 is 2.40 bits per heavy atom. The lowest BCUT2D eigenvalue weighted by Gasteiger charge is -2.43. The van der Waals surface area contributed by atoms with Crippen LogP contribution in [0.2, 0.25) is 0 Å². The minimum Gasteiger partial charge on any atom is -0.494 e. The first-order valence-corrected chi connectivity index (χ1v) is 15.8. The second-order valence-electron chi connectivity index (χ2n) is 12.1. The number of piperazine rings is 1. The van der Waals surface area contributed by atoms with Crippen LogP contribution in [0.1, 0.15) is 25.3 Å². The van der Waals surface area contributed by atoms with Crippen molar-refractivity contribution in [1.82, 2.24) is 19.8 Å². The zero-order valence-corrected chi connectivity index (χ0v) is 27.1. The van der Waals surface area contributed by atoms with Gasteiger partial charge in [-0.05, 0) is 73.4 Å². The Morgan fingerprint density at radius 2 is 1.74 bits per heavy atom. The number of nitrogens with two attached hydrogens (primary N) is 1. The monoisotopic (exact) mass is 651 g/mol. The van der Waals surface area contributed by atoms with Gasteiger partial charge in [0, 0.05) is 63.3 Å². The van der Waals surface area contributed by atoms with Crippen LogP contribution in [0.3, 0.4) is 0 Å². The van der Waals surface area contributed by atoms with Crippen molar-refractivity contribution in [2.45, 2.75) is 38.3 Å². The Balaban J connectivity index is 1.34. The molecule has 3 aliphatic heterocycles. The lowest BCUT2D eigenvalue weighted by molar-refractivity contribution is -0.149. The van der Waals surface area contributed by atoms with Gasteiger partial charge < -0.3 is 29.7 Å². The molecule has 0 saturated carbocycles. The SMILES string of the molecule is COc1cc(N2CCC(N3CCN(C)CC3)CC2)c(C)cc1N(c1ncc(Br)c(N)n1)c1ccccc1OC1(C)COC1. The predicted octanol–water partition coefficient (Wildman–Crippen LogP) is 4.99. The number of piperidine rings is 1. The Bertz CT molecular complexity index is 1440. The van der Waals surface area contributed by atoms with Crippen LogP contribution in [0, 0.1) is 6.92 Å². The van der Waals surface area contributed by atoms with E-state index in [1.807, 2.05) is 29.2 Å². The van der Waals surface area contributed by atoms with Crippen LogP contribution in [-0.2, 0) is 4.74 Å². The number of aryl methyl sites for hydroxylation is 1. The quantitative estimate of drug-likeness (QED) is 0.359. The van der Waals surface area contributed by atoms with Gasteiger partial charge in [0.05, 0.1) is 36.2 Å². The molecule has 0 bridgehead atoms. The molecule has 0 unspecified atom stereocenters. The van der Waals surface area contributed by atoms with Crippen LogP contribution in [0.5, 0.6) is 11.5 Å². The molecule has 3 fully saturated rings. The number of anilines is 5. The molecule has 0 aliphatic carbocycles. The number of halogens is 1. The lowest BCUT2D eigenvalue weighted by atomic mass is 10.00. The number of likely N-dealkylation sites (N-methyl/N-ethyl adjacent to an activating group) is 1. The summed E-state index contributed by atoms with van der Waals surface area (Å²) in [6.45, 7) is 12.0. The summed E-state index contributed by atoms with van der Waals surface area (Å²) < 4.78 is 18.7. The molecule has 3 saturated heterocycles. The van der Waals surface area contributed by atoms with Gasteiger partial charge in [0.25, 0.3) is 0 Å². The van der Waals surface area contributed by atoms with Crippen molar-refractivity contribution in [2.75, 3.05) is 82.2 Å². The number of nitrogen functional groups attached to an aromatic ring is 1. The molecule has 10 nitrogen and oxygen atoms in total. The highest BCUT2D eigenvalue weighted by Gasteiger charge is 2.37. The fourth-order valence-electron chi connectivity index (χ4n) is 6.27. The van der Waals surface area contributed by atoms with Crippen molar-refractivity contribution < 1.29 is 14.2 Å². The highest BCUT2D eigenvalue weighted by atomic mass is 79.9. The molecule has 2 aromatic carbocycles. The van der Waals surface area contributed by atoms with E-state index < -0.39 is 5.60 Å². The van der Waals surface area contributed by atoms with Crippen molar-refractivity contribution in [3.05, 3.63) is 52.6 Å². The first kappa shape index (κ1) is 29.9. The third-order valence-corrected chi connectivity index (χ3v) is 9.44. The van der Waals surface area contributed by atoms with Gasteiger partial charge in [-0.15, -0.1) is 0 Å². The molecular weight excluding hydrogens is 610 g/mol. The normalized spacial score (nSPS) is 19.6. The molecule has 3 aromatic rings. The van der Waals surface area contributed by atoms with Gasteiger partial charge >= 0.3 is 0 Å². The molecule has 1 aromatic heterocycles. The molecule has 0 spiro atoms. The van der Waals surface area contributed by atoms with E-state index in [0.29, 0.717) is 41.2 Å². The summed E-state index contributed by atoms with van der Waals surface area (Å²) in [6, 6.07) is 12.9. The van der Waals surface area contributed by atoms with E-state index in [1.54, 1.807) is 13.3 Å². The van der Waals surface area contributed by atoms with Gasteiger partial charge in [-0.25, -0.2) is 4.98 Å². The minimum absolute atomic E-state index is 0.350. The van der Waals surface area contributed by atoms with Crippen molar-refractivity contribution in [3.8, 4) is 11.5 Å². The Morgan fingerprint density at radius 1 is 1.02 bits per heavy atom. The molecule has 0 radical (unpaired) electrons. The van der Waals surface area contributed by atoms with Crippen LogP contribution in [-0.4, -0.2) is 98.1 Å². The number of para-hydroxylation sites is 2. The van der Waals surface area contributed by atoms with Gasteiger partial charge in [0.15, 0.2) is 5.60 Å². The first-order valence-electron chi connectivity index (χ1n) is 15.0. The summed E-state index contributed by atoms with van der Waals surface area (Å²) in [7, 11) is 3.93. The van der Waals surface area contributed by atoms with Gasteiger partial charge in [-0.2, -0.15) is 4.98 Å². The summed E-state index contributed by atoms with van der Waals surface area (Å²) in [4.78, 5) is 18.9. The molecule has 43 heavy (non-hydrogen) atoms. The van der Waals surface area contributed by atoms with Gasteiger partial charge in [0.2, 0.25) is 5.95 Å². The van der Waals surface area contributed by atoms with E-state index in [1.165, 1.54) is 31.6 Å². The molecule has 3 aliphatic rings. The fraction of sp³-hybridized carbons (Fsp3) is 0.500. The summed E-state index contributed by atoms with van der Waals surface area (Å²) in [5.74, 6) is 2.20. The van der Waals surface area contributed by atoms with Crippen LogP contribution < -0.4 is 25.0 Å². The predicted molar refractivity (Wildman–Crippen MR) is 174 cm³/mol. The van der Waals surface area contributed by atoms with E-state index in [4.69, 9.17) is 19.9 Å². The second kappa shape index (κ2) is 12.5. The zero-order valence-electron chi connectivity index (χ0n) is 25.6. The summed E-state index contributed by atoms with van der Waals surface area (Å²) >= 11 is 3.45. The summed E-state index contributed by atoms with van der Waals surface area (Å²) in [6.07, 6.45) is 4.00. The van der Waals surface area contributed by atoms with Gasteiger partial charge in [-0.1, -0.05) is 12.1 Å². The molecule has 0 amide bonds. The maximum atomic E-state index is 6.52. The van der Waals surface area contributed by atoms with Crippen molar-refractivity contribution in [2.24, 2.45) is 0 Å². The van der Waals surface area contributed by atoms with Crippen LogP contribution >= 0.6 is 15.9 Å². The smallest absolute Gasteiger partial charge is 0.236 e.